The number of rotatable bonds is 10. The number of benzene rings is 2. The summed E-state index contributed by atoms with van der Waals surface area (Å²) in [6.45, 7) is 6.52. The summed E-state index contributed by atoms with van der Waals surface area (Å²) in [7, 11) is -3.60. The molecule has 1 aliphatic rings. The zero-order valence-corrected chi connectivity index (χ0v) is 20.2. The van der Waals surface area contributed by atoms with Crippen LogP contribution in [0.5, 0.6) is 0 Å². The van der Waals surface area contributed by atoms with E-state index in [2.05, 4.69) is 21.9 Å². The Hall–Kier alpha value is -2.72. The molecule has 9 heteroatoms. The van der Waals surface area contributed by atoms with Gasteiger partial charge in [-0.05, 0) is 55.3 Å². The first kappa shape index (κ1) is 24.4. The fraction of sp³-hybridized carbons (Fsp3) is 0.400. The van der Waals surface area contributed by atoms with Crippen LogP contribution in [0.1, 0.15) is 24.5 Å². The Kier molecular flexibility index (Phi) is 7.99. The van der Waals surface area contributed by atoms with Gasteiger partial charge < -0.3 is 14.5 Å². The van der Waals surface area contributed by atoms with Crippen molar-refractivity contribution in [3.05, 3.63) is 59.9 Å². The van der Waals surface area contributed by atoms with E-state index >= 15 is 0 Å². The van der Waals surface area contributed by atoms with E-state index in [1.54, 1.807) is 18.4 Å². The Labute approximate surface area is 200 Å². The van der Waals surface area contributed by atoms with Crippen molar-refractivity contribution in [3.63, 3.8) is 0 Å². The quantitative estimate of drug-likeness (QED) is 0.428. The molecule has 182 valence electrons. The van der Waals surface area contributed by atoms with Crippen LogP contribution in [0.2, 0.25) is 0 Å². The zero-order valence-electron chi connectivity index (χ0n) is 19.4. The zero-order chi connectivity index (χ0) is 24.0. The highest BCUT2D eigenvalue weighted by Crippen LogP contribution is 2.24. The lowest BCUT2D eigenvalue weighted by atomic mass is 10.1. The SMILES string of the molecule is CCc1ccc2c(CC(=O)Nc3ccc(S(=O)(=O)NCCCN4CCOCC4)cc3)coc2c1. The van der Waals surface area contributed by atoms with Crippen LogP contribution < -0.4 is 10.0 Å². The first-order chi connectivity index (χ1) is 16.4. The molecule has 1 aromatic heterocycles. The van der Waals surface area contributed by atoms with E-state index in [1.165, 1.54) is 17.7 Å². The Morgan fingerprint density at radius 3 is 2.59 bits per heavy atom. The molecule has 1 saturated heterocycles. The number of carbonyl (C=O) groups is 1. The predicted molar refractivity (Wildman–Crippen MR) is 131 cm³/mol. The molecule has 1 amide bonds. The summed E-state index contributed by atoms with van der Waals surface area (Å²) in [6, 6.07) is 12.2. The highest BCUT2D eigenvalue weighted by molar-refractivity contribution is 7.89. The van der Waals surface area contributed by atoms with Crippen molar-refractivity contribution in [2.45, 2.75) is 31.1 Å². The second kappa shape index (κ2) is 11.1. The number of amides is 1. The fourth-order valence-corrected chi connectivity index (χ4v) is 5.07. The maximum absolute atomic E-state index is 12.6. The van der Waals surface area contributed by atoms with E-state index in [9.17, 15) is 13.2 Å². The third-order valence-electron chi connectivity index (χ3n) is 5.97. The highest BCUT2D eigenvalue weighted by Gasteiger charge is 2.16. The Bertz CT molecular complexity index is 1220. The number of hydrogen-bond donors (Lipinski definition) is 2. The first-order valence-corrected chi connectivity index (χ1v) is 13.1. The molecule has 3 aromatic rings. The van der Waals surface area contributed by atoms with Gasteiger partial charge in [0.25, 0.3) is 0 Å². The van der Waals surface area contributed by atoms with Crippen molar-refractivity contribution in [1.82, 2.24) is 9.62 Å². The molecule has 1 aliphatic heterocycles. The van der Waals surface area contributed by atoms with Crippen molar-refractivity contribution in [2.24, 2.45) is 0 Å². The van der Waals surface area contributed by atoms with Crippen LogP contribution in [0.3, 0.4) is 0 Å². The lowest BCUT2D eigenvalue weighted by Gasteiger charge is -2.26. The second-order valence-electron chi connectivity index (χ2n) is 8.40. The van der Waals surface area contributed by atoms with E-state index in [0.717, 1.165) is 62.2 Å². The molecule has 8 nitrogen and oxygen atoms in total. The topological polar surface area (TPSA) is 101 Å². The van der Waals surface area contributed by atoms with Gasteiger partial charge in [-0.3, -0.25) is 9.69 Å². The van der Waals surface area contributed by atoms with Gasteiger partial charge in [-0.15, -0.1) is 0 Å². The summed E-state index contributed by atoms with van der Waals surface area (Å²) in [5.41, 5.74) is 3.31. The number of carbonyl (C=O) groups excluding carboxylic acids is 1. The van der Waals surface area contributed by atoms with Crippen LogP contribution in [0.25, 0.3) is 11.0 Å². The van der Waals surface area contributed by atoms with Crippen LogP contribution >= 0.6 is 0 Å². The molecule has 4 rings (SSSR count). The van der Waals surface area contributed by atoms with E-state index in [-0.39, 0.29) is 17.2 Å². The van der Waals surface area contributed by atoms with Crippen LogP contribution in [0, 0.1) is 0 Å². The summed E-state index contributed by atoms with van der Waals surface area (Å²) < 4.78 is 38.7. The molecule has 0 bridgehead atoms. The summed E-state index contributed by atoms with van der Waals surface area (Å²) in [6.07, 6.45) is 3.44. The monoisotopic (exact) mass is 485 g/mol. The summed E-state index contributed by atoms with van der Waals surface area (Å²) in [5.74, 6) is -0.195. The third kappa shape index (κ3) is 6.24. The highest BCUT2D eigenvalue weighted by atomic mass is 32.2. The van der Waals surface area contributed by atoms with Gasteiger partial charge in [0.05, 0.1) is 30.8 Å². The van der Waals surface area contributed by atoms with Crippen LogP contribution in [0.4, 0.5) is 5.69 Å². The van der Waals surface area contributed by atoms with Crippen molar-refractivity contribution >= 4 is 32.6 Å². The Morgan fingerprint density at radius 2 is 1.85 bits per heavy atom. The normalized spacial score (nSPS) is 15.0. The largest absolute Gasteiger partial charge is 0.464 e. The lowest BCUT2D eigenvalue weighted by molar-refractivity contribution is -0.115. The number of nitrogens with one attached hydrogen (secondary N) is 2. The third-order valence-corrected chi connectivity index (χ3v) is 7.45. The van der Waals surface area contributed by atoms with Gasteiger partial charge in [-0.25, -0.2) is 13.1 Å². The minimum Gasteiger partial charge on any atom is -0.464 e. The molecule has 2 heterocycles. The van der Waals surface area contributed by atoms with Crippen LogP contribution in [-0.4, -0.2) is 58.6 Å². The Balaban J connectivity index is 1.28. The fourth-order valence-electron chi connectivity index (χ4n) is 4.00. The number of anilines is 1. The Morgan fingerprint density at radius 1 is 1.09 bits per heavy atom. The number of fused-ring (bicyclic) bond motifs is 1. The van der Waals surface area contributed by atoms with Gasteiger partial charge >= 0.3 is 0 Å². The van der Waals surface area contributed by atoms with Crippen LogP contribution in [0.15, 0.2) is 58.0 Å². The minimum absolute atomic E-state index is 0.170. The molecular formula is C25H31N3O5S. The number of nitrogens with zero attached hydrogens (tertiary/aromatic N) is 1. The average molecular weight is 486 g/mol. The molecule has 0 radical (unpaired) electrons. The van der Waals surface area contributed by atoms with Gasteiger partial charge in [-0.1, -0.05) is 19.1 Å². The molecule has 0 aliphatic carbocycles. The summed E-state index contributed by atoms with van der Waals surface area (Å²) in [4.78, 5) is 15.0. The molecule has 0 unspecified atom stereocenters. The first-order valence-electron chi connectivity index (χ1n) is 11.6. The minimum atomic E-state index is -3.60. The predicted octanol–water partition coefficient (Wildman–Crippen LogP) is 3.18. The van der Waals surface area contributed by atoms with Crippen molar-refractivity contribution in [3.8, 4) is 0 Å². The smallest absolute Gasteiger partial charge is 0.240 e. The van der Waals surface area contributed by atoms with Gasteiger partial charge in [-0.2, -0.15) is 0 Å². The van der Waals surface area contributed by atoms with Gasteiger partial charge in [0.15, 0.2) is 0 Å². The second-order valence-corrected chi connectivity index (χ2v) is 10.2. The summed E-state index contributed by atoms with van der Waals surface area (Å²) in [5, 5.41) is 3.75. The van der Waals surface area contributed by atoms with E-state index in [1.807, 2.05) is 18.2 Å². The molecule has 2 N–H and O–H groups in total. The van der Waals surface area contributed by atoms with Gasteiger partial charge in [0.2, 0.25) is 15.9 Å². The molecule has 1 fully saturated rings. The maximum Gasteiger partial charge on any atom is 0.240 e. The van der Waals surface area contributed by atoms with Gasteiger partial charge in [0.1, 0.15) is 5.58 Å². The standard InChI is InChI=1S/C25H31N3O5S/c1-2-19-4-9-23-20(18-33-24(23)16-19)17-25(29)27-21-5-7-22(8-6-21)34(30,31)26-10-3-11-28-12-14-32-15-13-28/h4-9,16,18,26H,2-3,10-15,17H2,1H3,(H,27,29). The van der Waals surface area contributed by atoms with Crippen molar-refractivity contribution in [1.29, 1.82) is 0 Å². The number of sulfonamides is 1. The van der Waals surface area contributed by atoms with Crippen LogP contribution in [-0.2, 0) is 32.4 Å². The lowest BCUT2D eigenvalue weighted by Crippen LogP contribution is -2.38. The van der Waals surface area contributed by atoms with Crippen molar-refractivity contribution in [2.75, 3.05) is 44.7 Å². The number of furan rings is 1. The van der Waals surface area contributed by atoms with Crippen molar-refractivity contribution < 1.29 is 22.4 Å². The number of aryl methyl sites for hydroxylation is 1. The maximum atomic E-state index is 12.6. The molecule has 0 atom stereocenters. The molecule has 2 aromatic carbocycles. The molecular weight excluding hydrogens is 454 g/mol. The van der Waals surface area contributed by atoms with Gasteiger partial charge in [0, 0.05) is 36.3 Å². The van der Waals surface area contributed by atoms with E-state index < -0.39 is 10.0 Å². The number of morpholine rings is 1. The molecule has 0 saturated carbocycles. The molecule has 34 heavy (non-hydrogen) atoms. The average Bonchev–Trinajstić information content (AvgIpc) is 3.24. The van der Waals surface area contributed by atoms with E-state index in [4.69, 9.17) is 9.15 Å². The van der Waals surface area contributed by atoms with E-state index in [0.29, 0.717) is 12.2 Å². The summed E-state index contributed by atoms with van der Waals surface area (Å²) >= 11 is 0. The number of ether oxygens (including phenoxy) is 1. The molecule has 0 spiro atoms. The number of hydrogen-bond acceptors (Lipinski definition) is 6.